The number of hydrogen-bond acceptors (Lipinski definition) is 5. The molecule has 0 bridgehead atoms. The number of carbonyl (C=O) groups excluding carboxylic acids is 1. The maximum atomic E-state index is 12.8. The number of nitrogen functional groups attached to an aromatic ring is 1. The van der Waals surface area contributed by atoms with Gasteiger partial charge in [-0.3, -0.25) is 4.79 Å². The van der Waals surface area contributed by atoms with Crippen molar-refractivity contribution in [2.24, 2.45) is 0 Å². The van der Waals surface area contributed by atoms with Crippen LogP contribution in [0.1, 0.15) is 48.3 Å². The van der Waals surface area contributed by atoms with Gasteiger partial charge in [-0.2, -0.15) is 13.2 Å². The summed E-state index contributed by atoms with van der Waals surface area (Å²) in [6.07, 6.45) is -2.56. The number of halogens is 3. The van der Waals surface area contributed by atoms with E-state index in [2.05, 4.69) is 10.3 Å². The molecular weight excluding hydrogens is 327 g/mol. The molecule has 1 aromatic rings. The number of rotatable bonds is 3. The van der Waals surface area contributed by atoms with E-state index in [1.54, 1.807) is 0 Å². The highest BCUT2D eigenvalue weighted by atomic mass is 19.4. The van der Waals surface area contributed by atoms with Crippen LogP contribution in [0.25, 0.3) is 0 Å². The van der Waals surface area contributed by atoms with E-state index in [9.17, 15) is 28.2 Å². The highest BCUT2D eigenvalue weighted by molar-refractivity contribution is 5.93. The third kappa shape index (κ3) is 2.71. The number of alkyl halides is 3. The zero-order valence-corrected chi connectivity index (χ0v) is 12.7. The van der Waals surface area contributed by atoms with Crippen LogP contribution in [0.15, 0.2) is 12.1 Å². The number of aliphatic hydroxyl groups is 2. The van der Waals surface area contributed by atoms with Gasteiger partial charge in [0.05, 0.1) is 16.9 Å². The molecule has 0 aliphatic heterocycles. The van der Waals surface area contributed by atoms with Crippen LogP contribution < -0.4 is 11.1 Å². The van der Waals surface area contributed by atoms with Crippen LogP contribution in [0.4, 0.5) is 18.9 Å². The third-order valence-electron chi connectivity index (χ3n) is 4.98. The molecule has 1 amide bonds. The second-order valence-electron chi connectivity index (χ2n) is 6.63. The minimum Gasteiger partial charge on any atom is -0.397 e. The van der Waals surface area contributed by atoms with Crippen LogP contribution in [0.2, 0.25) is 0 Å². The summed E-state index contributed by atoms with van der Waals surface area (Å²) in [4.78, 5) is 15.4. The minimum atomic E-state index is -4.75. The normalized spacial score (nSPS) is 28.6. The van der Waals surface area contributed by atoms with Gasteiger partial charge in [-0.05, 0) is 44.2 Å². The van der Waals surface area contributed by atoms with Crippen molar-refractivity contribution in [2.45, 2.75) is 55.5 Å². The molecule has 5 N–H and O–H groups in total. The molecule has 0 radical (unpaired) electrons. The van der Waals surface area contributed by atoms with Crippen molar-refractivity contribution in [1.82, 2.24) is 10.3 Å². The Labute approximate surface area is 135 Å². The molecule has 2 aliphatic carbocycles. The highest BCUT2D eigenvalue weighted by Crippen LogP contribution is 2.50. The number of pyridine rings is 1. The fourth-order valence-electron chi connectivity index (χ4n) is 3.30. The number of amides is 1. The number of carbonyl (C=O) groups is 1. The average Bonchev–Trinajstić information content (AvgIpc) is 2.41. The quantitative estimate of drug-likeness (QED) is 0.659. The van der Waals surface area contributed by atoms with Gasteiger partial charge in [0.2, 0.25) is 0 Å². The lowest BCUT2D eigenvalue weighted by Gasteiger charge is -2.57. The molecule has 3 rings (SSSR count). The lowest BCUT2D eigenvalue weighted by molar-refractivity contribution is -0.231. The molecule has 24 heavy (non-hydrogen) atoms. The SMILES string of the molecule is Nc1ccc(C(=O)NC2CC(O)(C3(O)CCC3)C2)nc1C(F)(F)F. The van der Waals surface area contributed by atoms with Crippen LogP contribution in [-0.4, -0.2) is 38.3 Å². The molecule has 2 saturated carbocycles. The summed E-state index contributed by atoms with van der Waals surface area (Å²) >= 11 is 0. The zero-order chi connectivity index (χ0) is 17.8. The van der Waals surface area contributed by atoms with Crippen LogP contribution in [-0.2, 0) is 6.18 Å². The Morgan fingerprint density at radius 3 is 2.38 bits per heavy atom. The van der Waals surface area contributed by atoms with E-state index in [1.165, 1.54) is 0 Å². The van der Waals surface area contributed by atoms with Crippen molar-refractivity contribution in [3.8, 4) is 0 Å². The molecule has 1 heterocycles. The van der Waals surface area contributed by atoms with Crippen molar-refractivity contribution < 1.29 is 28.2 Å². The Morgan fingerprint density at radius 1 is 1.25 bits per heavy atom. The summed E-state index contributed by atoms with van der Waals surface area (Å²) < 4.78 is 38.3. The predicted molar refractivity (Wildman–Crippen MR) is 77.9 cm³/mol. The number of nitrogens with one attached hydrogen (secondary N) is 1. The van der Waals surface area contributed by atoms with Crippen LogP contribution in [0.5, 0.6) is 0 Å². The Bertz CT molecular complexity index is 668. The van der Waals surface area contributed by atoms with E-state index in [4.69, 9.17) is 5.73 Å². The van der Waals surface area contributed by atoms with Crippen molar-refractivity contribution >= 4 is 11.6 Å². The van der Waals surface area contributed by atoms with Crippen molar-refractivity contribution in [2.75, 3.05) is 5.73 Å². The molecule has 132 valence electrons. The zero-order valence-electron chi connectivity index (χ0n) is 12.7. The van der Waals surface area contributed by atoms with Crippen molar-refractivity contribution in [3.63, 3.8) is 0 Å². The molecule has 1 aromatic heterocycles. The largest absolute Gasteiger partial charge is 0.435 e. The number of anilines is 1. The standard InChI is InChI=1S/C15H18F3N3O3/c16-15(17,18)11-9(19)2-3-10(21-11)12(22)20-8-6-14(24,7-8)13(23)4-1-5-13/h2-3,8,23-24H,1,4-7,19H2,(H,20,22). The monoisotopic (exact) mass is 345 g/mol. The molecule has 0 saturated heterocycles. The van der Waals surface area contributed by atoms with E-state index < -0.39 is 46.4 Å². The van der Waals surface area contributed by atoms with Gasteiger partial charge in [0, 0.05) is 6.04 Å². The topological polar surface area (TPSA) is 108 Å². The molecule has 0 unspecified atom stereocenters. The Morgan fingerprint density at radius 2 is 1.88 bits per heavy atom. The average molecular weight is 345 g/mol. The van der Waals surface area contributed by atoms with Crippen LogP contribution in [0, 0.1) is 0 Å². The maximum absolute atomic E-state index is 12.8. The highest BCUT2D eigenvalue weighted by Gasteiger charge is 2.59. The van der Waals surface area contributed by atoms with Gasteiger partial charge in [0.1, 0.15) is 5.69 Å². The van der Waals surface area contributed by atoms with Crippen molar-refractivity contribution in [3.05, 3.63) is 23.5 Å². The molecule has 9 heteroatoms. The Balaban J connectivity index is 1.65. The third-order valence-corrected chi connectivity index (χ3v) is 4.98. The second-order valence-corrected chi connectivity index (χ2v) is 6.63. The fourth-order valence-corrected chi connectivity index (χ4v) is 3.30. The first kappa shape index (κ1) is 17.0. The van der Waals surface area contributed by atoms with Gasteiger partial charge in [-0.25, -0.2) is 4.98 Å². The van der Waals surface area contributed by atoms with Gasteiger partial charge in [0.25, 0.3) is 5.91 Å². The summed E-state index contributed by atoms with van der Waals surface area (Å²) in [7, 11) is 0. The van der Waals surface area contributed by atoms with E-state index in [1.807, 2.05) is 0 Å². The lowest BCUT2D eigenvalue weighted by atomic mass is 9.58. The minimum absolute atomic E-state index is 0.163. The summed E-state index contributed by atoms with van der Waals surface area (Å²) in [6, 6.07) is 1.68. The molecule has 0 spiro atoms. The van der Waals surface area contributed by atoms with Gasteiger partial charge in [-0.1, -0.05) is 0 Å². The van der Waals surface area contributed by atoms with Gasteiger partial charge in [0.15, 0.2) is 5.69 Å². The van der Waals surface area contributed by atoms with Crippen LogP contribution >= 0.6 is 0 Å². The van der Waals surface area contributed by atoms with Gasteiger partial charge >= 0.3 is 6.18 Å². The molecule has 2 aliphatic rings. The first-order valence-electron chi connectivity index (χ1n) is 7.63. The number of hydrogen-bond donors (Lipinski definition) is 4. The van der Waals surface area contributed by atoms with E-state index in [0.29, 0.717) is 12.8 Å². The Hall–Kier alpha value is -1.87. The molecule has 0 aromatic carbocycles. The molecular formula is C15H18F3N3O3. The molecule has 2 fully saturated rings. The van der Waals surface area contributed by atoms with Crippen molar-refractivity contribution in [1.29, 1.82) is 0 Å². The second kappa shape index (κ2) is 5.32. The Kier molecular flexibility index (Phi) is 3.76. The van der Waals surface area contributed by atoms with Gasteiger partial charge in [-0.15, -0.1) is 0 Å². The maximum Gasteiger partial charge on any atom is 0.435 e. The molecule has 6 nitrogen and oxygen atoms in total. The number of aromatic nitrogens is 1. The number of nitrogens with two attached hydrogens (primary N) is 1. The first-order chi connectivity index (χ1) is 11.0. The van der Waals surface area contributed by atoms with E-state index >= 15 is 0 Å². The fraction of sp³-hybridized carbons (Fsp3) is 0.600. The van der Waals surface area contributed by atoms with Crippen LogP contribution in [0.3, 0.4) is 0 Å². The summed E-state index contributed by atoms with van der Waals surface area (Å²) in [6.45, 7) is 0. The predicted octanol–water partition coefficient (Wildman–Crippen LogP) is 1.22. The smallest absolute Gasteiger partial charge is 0.397 e. The lowest BCUT2D eigenvalue weighted by Crippen LogP contribution is -2.69. The first-order valence-corrected chi connectivity index (χ1v) is 7.63. The van der Waals surface area contributed by atoms with Gasteiger partial charge < -0.3 is 21.3 Å². The van der Waals surface area contributed by atoms with E-state index in [-0.39, 0.29) is 12.8 Å². The molecule has 0 atom stereocenters. The summed E-state index contributed by atoms with van der Waals surface area (Å²) in [5.74, 6) is -0.770. The van der Waals surface area contributed by atoms with E-state index in [0.717, 1.165) is 18.6 Å². The summed E-state index contributed by atoms with van der Waals surface area (Å²) in [5.41, 5.74) is 0.642. The summed E-state index contributed by atoms with van der Waals surface area (Å²) in [5, 5.41) is 23.1. The number of nitrogens with zero attached hydrogens (tertiary/aromatic N) is 1.